The number of para-hydroxylation sites is 2. The van der Waals surface area contributed by atoms with Crippen molar-refractivity contribution >= 4 is 35.2 Å². The minimum atomic E-state index is -0.366. The van der Waals surface area contributed by atoms with E-state index >= 15 is 0 Å². The van der Waals surface area contributed by atoms with Gasteiger partial charge in [0.2, 0.25) is 0 Å². The maximum absolute atomic E-state index is 11.0. The van der Waals surface area contributed by atoms with Crippen LogP contribution in [0, 0.1) is 10.1 Å². The van der Waals surface area contributed by atoms with Gasteiger partial charge in [0.1, 0.15) is 0 Å². The first kappa shape index (κ1) is 16.7. The molecule has 6 nitrogen and oxygen atoms in total. The smallest absolute Gasteiger partial charge is 0.429 e. The van der Waals surface area contributed by atoms with Gasteiger partial charge in [-0.1, -0.05) is 48.5 Å². The fourth-order valence-corrected chi connectivity index (χ4v) is 2.90. The fraction of sp³-hybridized carbons (Fsp3) is 0. The molecule has 0 bridgehead atoms. The van der Waals surface area contributed by atoms with Crippen molar-refractivity contribution < 1.29 is 15.0 Å². The lowest BCUT2D eigenvalue weighted by molar-refractivity contribution is -0.384. The van der Waals surface area contributed by atoms with Crippen molar-refractivity contribution in [3.8, 4) is 11.1 Å². The summed E-state index contributed by atoms with van der Waals surface area (Å²) >= 11 is 0. The number of rotatable bonds is 2. The predicted molar refractivity (Wildman–Crippen MR) is 98.1 cm³/mol. The zero-order valence-electron chi connectivity index (χ0n) is 13.1. The number of H-pyrrole nitrogens is 1. The van der Waals surface area contributed by atoms with E-state index in [1.165, 1.54) is 6.07 Å². The molecule has 4 aromatic rings. The zero-order chi connectivity index (χ0) is 17.8. The summed E-state index contributed by atoms with van der Waals surface area (Å²) in [7, 11) is 0. The summed E-state index contributed by atoms with van der Waals surface area (Å²) in [6.45, 7) is 0. The van der Waals surface area contributed by atoms with E-state index in [4.69, 9.17) is 10.0 Å². The van der Waals surface area contributed by atoms with Crippen molar-refractivity contribution in [2.24, 2.45) is 0 Å². The molecule has 0 aliphatic heterocycles. The van der Waals surface area contributed by atoms with Gasteiger partial charge < -0.3 is 15.0 Å². The summed E-state index contributed by atoms with van der Waals surface area (Å²) in [5, 5.41) is 27.3. The van der Waals surface area contributed by atoms with Gasteiger partial charge >= 0.3 is 7.69 Å². The second kappa shape index (κ2) is 7.17. The van der Waals surface area contributed by atoms with Gasteiger partial charge in [-0.05, 0) is 11.6 Å². The Labute approximate surface area is 143 Å². The lowest BCUT2D eigenvalue weighted by Gasteiger charge is -2.03. The number of non-ortho nitro benzene ring substituents is 1. The van der Waals surface area contributed by atoms with Crippen LogP contribution in [0.5, 0.6) is 0 Å². The van der Waals surface area contributed by atoms with Gasteiger partial charge in [0.25, 0.3) is 5.69 Å². The number of nitro benzene ring substituents is 1. The number of hydrogen-bond donors (Lipinski definition) is 3. The van der Waals surface area contributed by atoms with Gasteiger partial charge in [0.15, 0.2) is 0 Å². The van der Waals surface area contributed by atoms with Crippen molar-refractivity contribution in [2.45, 2.75) is 0 Å². The molecule has 0 aliphatic carbocycles. The van der Waals surface area contributed by atoms with Crippen molar-refractivity contribution in [1.82, 2.24) is 4.98 Å². The Kier molecular flexibility index (Phi) is 4.79. The molecule has 1 radical (unpaired) electrons. The van der Waals surface area contributed by atoms with Crippen LogP contribution in [0.25, 0.3) is 32.9 Å². The van der Waals surface area contributed by atoms with Crippen LogP contribution in [-0.4, -0.2) is 27.6 Å². The van der Waals surface area contributed by atoms with Gasteiger partial charge in [-0.15, -0.1) is 0 Å². The van der Waals surface area contributed by atoms with Gasteiger partial charge in [-0.2, -0.15) is 0 Å². The number of aromatic amines is 1. The van der Waals surface area contributed by atoms with E-state index in [1.807, 2.05) is 36.4 Å². The monoisotopic (exact) mass is 333 g/mol. The Balaban J connectivity index is 0.000000569. The second-order valence-corrected chi connectivity index (χ2v) is 5.32. The molecule has 1 heterocycles. The van der Waals surface area contributed by atoms with Crippen LogP contribution in [0.4, 0.5) is 5.69 Å². The Hall–Kier alpha value is -3.16. The molecule has 3 N–H and O–H groups in total. The quantitative estimate of drug-likeness (QED) is 0.297. The first-order valence-corrected chi connectivity index (χ1v) is 7.50. The largest absolute Gasteiger partial charge is 0.482 e. The summed E-state index contributed by atoms with van der Waals surface area (Å²) in [4.78, 5) is 14.0. The molecule has 123 valence electrons. The zero-order valence-corrected chi connectivity index (χ0v) is 13.1. The molecule has 4 rings (SSSR count). The first-order chi connectivity index (χ1) is 12.2. The molecule has 0 atom stereocenters. The van der Waals surface area contributed by atoms with Crippen LogP contribution >= 0.6 is 0 Å². The van der Waals surface area contributed by atoms with Crippen LogP contribution in [-0.2, 0) is 0 Å². The number of fused-ring (bicyclic) bond motifs is 3. The third-order valence-corrected chi connectivity index (χ3v) is 3.91. The average Bonchev–Trinajstić information content (AvgIpc) is 3.01. The molecular formula is C18H14BN2O4. The predicted octanol–water partition coefficient (Wildman–Crippen LogP) is 3.40. The lowest BCUT2D eigenvalue weighted by atomic mass is 10.0. The molecule has 1 aromatic heterocycles. The normalized spacial score (nSPS) is 10.3. The van der Waals surface area contributed by atoms with Crippen molar-refractivity contribution in [3.05, 3.63) is 76.8 Å². The van der Waals surface area contributed by atoms with Crippen LogP contribution in [0.1, 0.15) is 0 Å². The Morgan fingerprint density at radius 1 is 0.920 bits per heavy atom. The summed E-state index contributed by atoms with van der Waals surface area (Å²) in [6, 6.07) is 20.9. The van der Waals surface area contributed by atoms with E-state index in [-0.39, 0.29) is 18.3 Å². The van der Waals surface area contributed by atoms with Gasteiger partial charge in [0, 0.05) is 34.0 Å². The second-order valence-electron chi connectivity index (χ2n) is 5.32. The molecule has 0 saturated heterocycles. The number of benzene rings is 3. The number of nitro groups is 1. The van der Waals surface area contributed by atoms with Gasteiger partial charge in [-0.25, -0.2) is 0 Å². The maximum atomic E-state index is 11.0. The van der Waals surface area contributed by atoms with Gasteiger partial charge in [0.05, 0.1) is 10.4 Å². The molecule has 0 spiro atoms. The molecule has 0 amide bonds. The third-order valence-electron chi connectivity index (χ3n) is 3.91. The van der Waals surface area contributed by atoms with Crippen molar-refractivity contribution in [2.75, 3.05) is 0 Å². The van der Waals surface area contributed by atoms with Gasteiger partial charge in [-0.3, -0.25) is 10.1 Å². The molecular weight excluding hydrogens is 319 g/mol. The number of nitrogens with one attached hydrogen (secondary N) is 1. The average molecular weight is 333 g/mol. The summed E-state index contributed by atoms with van der Waals surface area (Å²) in [5.41, 5.74) is 3.98. The highest BCUT2D eigenvalue weighted by atomic mass is 16.6. The summed E-state index contributed by atoms with van der Waals surface area (Å²) < 4.78 is 0. The minimum Gasteiger partial charge on any atom is -0.429 e. The molecule has 3 aromatic carbocycles. The van der Waals surface area contributed by atoms with Crippen molar-refractivity contribution in [1.29, 1.82) is 0 Å². The van der Waals surface area contributed by atoms with E-state index < -0.39 is 0 Å². The van der Waals surface area contributed by atoms with Crippen molar-refractivity contribution in [3.63, 3.8) is 0 Å². The third kappa shape index (κ3) is 3.23. The molecule has 0 saturated carbocycles. The lowest BCUT2D eigenvalue weighted by Crippen LogP contribution is -1.88. The van der Waals surface area contributed by atoms with Crippen LogP contribution in [0.2, 0.25) is 0 Å². The van der Waals surface area contributed by atoms with E-state index in [0.717, 1.165) is 32.9 Å². The first-order valence-electron chi connectivity index (χ1n) is 7.50. The van der Waals surface area contributed by atoms with E-state index in [1.54, 1.807) is 12.1 Å². The topological polar surface area (TPSA) is 99.4 Å². The maximum Gasteiger partial charge on any atom is 0.482 e. The molecule has 25 heavy (non-hydrogen) atoms. The molecule has 0 unspecified atom stereocenters. The molecule has 0 aliphatic rings. The van der Waals surface area contributed by atoms with E-state index in [2.05, 4.69) is 17.1 Å². The highest BCUT2D eigenvalue weighted by Crippen LogP contribution is 2.34. The standard InChI is InChI=1S/C18H12N2O2.BH2O2/c21-20(22)13-6-3-5-12(11-13)14-8-4-9-16-15-7-1-2-10-17(15)19-18(14)16;2-1-3/h1-11,19H;2-3H. The fourth-order valence-electron chi connectivity index (χ4n) is 2.90. The number of aromatic nitrogens is 1. The molecule has 7 heteroatoms. The van der Waals surface area contributed by atoms with Crippen LogP contribution < -0.4 is 0 Å². The summed E-state index contributed by atoms with van der Waals surface area (Å²) in [5.74, 6) is 0. The van der Waals surface area contributed by atoms with Crippen LogP contribution in [0.3, 0.4) is 0 Å². The SMILES string of the molecule is O=[N+]([O-])c1cccc(-c2cccc3c2[nH]c2ccccc23)c1.O[B]O. The highest BCUT2D eigenvalue weighted by molar-refractivity contribution is 6.13. The summed E-state index contributed by atoms with van der Waals surface area (Å²) in [6.07, 6.45) is 0. The Morgan fingerprint density at radius 3 is 2.36 bits per heavy atom. The van der Waals surface area contributed by atoms with E-state index in [9.17, 15) is 10.1 Å². The Morgan fingerprint density at radius 2 is 1.60 bits per heavy atom. The van der Waals surface area contributed by atoms with E-state index in [0.29, 0.717) is 0 Å². The number of hydrogen-bond acceptors (Lipinski definition) is 4. The molecule has 0 fully saturated rings. The number of nitrogens with zero attached hydrogens (tertiary/aromatic N) is 1. The van der Waals surface area contributed by atoms with Crippen LogP contribution in [0.15, 0.2) is 66.7 Å². The minimum absolute atomic E-state index is 0. The Bertz CT molecular complexity index is 1050. The highest BCUT2D eigenvalue weighted by Gasteiger charge is 2.12.